The fourth-order valence-electron chi connectivity index (χ4n) is 7.07. The fraction of sp³-hybridized carbons (Fsp3) is 0. The third-order valence-electron chi connectivity index (χ3n) is 9.24. The molecule has 9 aromatic rings. The maximum absolute atomic E-state index is 3.63. The van der Waals surface area contributed by atoms with E-state index >= 15 is 0 Å². The highest BCUT2D eigenvalue weighted by Gasteiger charge is 2.18. The summed E-state index contributed by atoms with van der Waals surface area (Å²) in [4.78, 5) is 0. The predicted molar refractivity (Wildman–Crippen MR) is 198 cm³/mol. The van der Waals surface area contributed by atoms with E-state index in [4.69, 9.17) is 0 Å². The lowest BCUT2D eigenvalue weighted by atomic mass is 9.84. The molecule has 0 aliphatic rings. The smallest absolute Gasteiger partial charge is 0.0181 e. The first-order valence-electron chi connectivity index (χ1n) is 15.4. The molecule has 0 N–H and O–H groups in total. The van der Waals surface area contributed by atoms with Crippen molar-refractivity contribution in [2.75, 3.05) is 0 Å². The van der Waals surface area contributed by atoms with Crippen molar-refractivity contribution in [1.82, 2.24) is 0 Å². The van der Waals surface area contributed by atoms with E-state index < -0.39 is 0 Å². The molecule has 210 valence electrons. The number of fused-ring (bicyclic) bond motifs is 5. The predicted octanol–water partition coefficient (Wildman–Crippen LogP) is 13.2. The Bertz CT molecular complexity index is 2610. The average Bonchev–Trinajstić information content (AvgIpc) is 3.09. The van der Waals surface area contributed by atoms with Crippen LogP contribution in [0.4, 0.5) is 0 Å². The first-order valence-corrected chi connectivity index (χ1v) is 16.2. The summed E-state index contributed by atoms with van der Waals surface area (Å²) in [6.07, 6.45) is 0. The van der Waals surface area contributed by atoms with Gasteiger partial charge in [-0.25, -0.2) is 0 Å². The van der Waals surface area contributed by atoms with Gasteiger partial charge in [-0.2, -0.15) is 0 Å². The second kappa shape index (κ2) is 10.4. The lowest BCUT2D eigenvalue weighted by Gasteiger charge is -2.19. The van der Waals surface area contributed by atoms with Gasteiger partial charge in [0, 0.05) is 4.47 Å². The van der Waals surface area contributed by atoms with Gasteiger partial charge >= 0.3 is 0 Å². The molecular formula is C44H27Br. The topological polar surface area (TPSA) is 0 Å². The lowest BCUT2D eigenvalue weighted by Crippen LogP contribution is -1.92. The van der Waals surface area contributed by atoms with Gasteiger partial charge in [-0.1, -0.05) is 143 Å². The average molecular weight is 636 g/mol. The fourth-order valence-corrected chi connectivity index (χ4v) is 7.44. The summed E-state index contributed by atoms with van der Waals surface area (Å²) in [5.74, 6) is 0. The van der Waals surface area contributed by atoms with Gasteiger partial charge in [-0.05, 0) is 124 Å². The van der Waals surface area contributed by atoms with Crippen molar-refractivity contribution in [2.24, 2.45) is 0 Å². The number of hydrogen-bond donors (Lipinski definition) is 0. The minimum absolute atomic E-state index is 1.10. The zero-order valence-electron chi connectivity index (χ0n) is 24.5. The molecule has 9 rings (SSSR count). The molecule has 0 atom stereocenters. The van der Waals surface area contributed by atoms with Gasteiger partial charge in [-0.3, -0.25) is 0 Å². The van der Waals surface area contributed by atoms with Crippen LogP contribution in [0.3, 0.4) is 0 Å². The minimum Gasteiger partial charge on any atom is -0.0616 e. The van der Waals surface area contributed by atoms with E-state index in [9.17, 15) is 0 Å². The van der Waals surface area contributed by atoms with Gasteiger partial charge in [0.25, 0.3) is 0 Å². The van der Waals surface area contributed by atoms with E-state index in [0.29, 0.717) is 0 Å². The molecule has 9 aromatic carbocycles. The van der Waals surface area contributed by atoms with Crippen LogP contribution < -0.4 is 0 Å². The van der Waals surface area contributed by atoms with Crippen LogP contribution in [-0.4, -0.2) is 0 Å². The molecule has 0 unspecified atom stereocenters. The Morgan fingerprint density at radius 2 is 0.667 bits per heavy atom. The molecule has 1 heteroatoms. The van der Waals surface area contributed by atoms with E-state index in [1.54, 1.807) is 0 Å². The van der Waals surface area contributed by atoms with Gasteiger partial charge in [0.2, 0.25) is 0 Å². The van der Waals surface area contributed by atoms with Gasteiger partial charge in [-0.15, -0.1) is 0 Å². The van der Waals surface area contributed by atoms with Crippen LogP contribution in [-0.2, 0) is 0 Å². The summed E-state index contributed by atoms with van der Waals surface area (Å²) in [7, 11) is 0. The highest BCUT2D eigenvalue weighted by atomic mass is 79.9. The number of halogens is 1. The Morgan fingerprint density at radius 3 is 1.33 bits per heavy atom. The highest BCUT2D eigenvalue weighted by Crippen LogP contribution is 2.45. The Kier molecular flexibility index (Phi) is 6.07. The van der Waals surface area contributed by atoms with Crippen molar-refractivity contribution in [3.05, 3.63) is 168 Å². The van der Waals surface area contributed by atoms with Crippen molar-refractivity contribution in [3.8, 4) is 33.4 Å². The Labute approximate surface area is 270 Å². The van der Waals surface area contributed by atoms with Crippen molar-refractivity contribution >= 4 is 69.8 Å². The molecular weight excluding hydrogens is 608 g/mol. The normalized spacial score (nSPS) is 11.7. The monoisotopic (exact) mass is 634 g/mol. The molecule has 0 nitrogen and oxygen atoms in total. The summed E-state index contributed by atoms with van der Waals surface area (Å²) < 4.78 is 1.10. The van der Waals surface area contributed by atoms with Crippen LogP contribution in [0.2, 0.25) is 0 Å². The summed E-state index contributed by atoms with van der Waals surface area (Å²) in [6.45, 7) is 0. The third kappa shape index (κ3) is 4.43. The quantitative estimate of drug-likeness (QED) is 0.170. The van der Waals surface area contributed by atoms with E-state index in [0.717, 1.165) is 4.47 Å². The van der Waals surface area contributed by atoms with Crippen molar-refractivity contribution in [3.63, 3.8) is 0 Å². The van der Waals surface area contributed by atoms with E-state index in [1.165, 1.54) is 87.2 Å². The first-order chi connectivity index (χ1) is 22.2. The number of benzene rings is 9. The highest BCUT2D eigenvalue weighted by molar-refractivity contribution is 9.10. The molecule has 0 heterocycles. The van der Waals surface area contributed by atoms with Crippen molar-refractivity contribution in [1.29, 1.82) is 0 Å². The van der Waals surface area contributed by atoms with Crippen LogP contribution in [0.15, 0.2) is 168 Å². The van der Waals surface area contributed by atoms with Gasteiger partial charge in [0.15, 0.2) is 0 Å². The summed E-state index contributed by atoms with van der Waals surface area (Å²) in [5.41, 5.74) is 7.48. The van der Waals surface area contributed by atoms with Crippen LogP contribution in [0, 0.1) is 0 Å². The molecule has 0 bridgehead atoms. The Balaban J connectivity index is 1.38. The number of hydrogen-bond acceptors (Lipinski definition) is 0. The standard InChI is InChI=1S/C44H27Br/c45-38-21-19-33-23-32(15-16-34(33)26-38)35-20-22-41-42(27-35)44(37-18-14-29-8-2-4-10-31(29)25-37)40-12-6-5-11-39(40)43(41)36-17-13-28-7-1-3-9-30(28)24-36/h1-27H. The second-order valence-corrected chi connectivity index (χ2v) is 12.8. The van der Waals surface area contributed by atoms with Gasteiger partial charge in [0.05, 0.1) is 0 Å². The zero-order chi connectivity index (χ0) is 29.9. The first kappa shape index (κ1) is 26.2. The lowest BCUT2D eigenvalue weighted by molar-refractivity contribution is 1.65. The minimum atomic E-state index is 1.10. The molecule has 0 aliphatic heterocycles. The maximum Gasteiger partial charge on any atom is 0.0181 e. The molecule has 0 radical (unpaired) electrons. The molecule has 0 aromatic heterocycles. The summed E-state index contributed by atoms with van der Waals surface area (Å²) in [6, 6.07) is 60.3. The molecule has 0 amide bonds. The second-order valence-electron chi connectivity index (χ2n) is 11.9. The van der Waals surface area contributed by atoms with Crippen LogP contribution >= 0.6 is 15.9 Å². The van der Waals surface area contributed by atoms with Crippen LogP contribution in [0.1, 0.15) is 0 Å². The molecule has 0 fully saturated rings. The molecule has 45 heavy (non-hydrogen) atoms. The van der Waals surface area contributed by atoms with Crippen molar-refractivity contribution in [2.45, 2.75) is 0 Å². The molecule has 0 saturated heterocycles. The zero-order valence-corrected chi connectivity index (χ0v) is 26.1. The molecule has 0 spiro atoms. The van der Waals surface area contributed by atoms with E-state index in [2.05, 4.69) is 180 Å². The molecule has 0 aliphatic carbocycles. The van der Waals surface area contributed by atoms with E-state index in [-0.39, 0.29) is 0 Å². The summed E-state index contributed by atoms with van der Waals surface area (Å²) in [5, 5.41) is 12.6. The third-order valence-corrected chi connectivity index (χ3v) is 9.73. The molecule has 0 saturated carbocycles. The van der Waals surface area contributed by atoms with Gasteiger partial charge < -0.3 is 0 Å². The number of rotatable bonds is 3. The van der Waals surface area contributed by atoms with E-state index in [1.807, 2.05) is 0 Å². The van der Waals surface area contributed by atoms with Crippen LogP contribution in [0.5, 0.6) is 0 Å². The Hall–Kier alpha value is -5.24. The summed E-state index contributed by atoms with van der Waals surface area (Å²) >= 11 is 3.63. The van der Waals surface area contributed by atoms with Gasteiger partial charge in [0.1, 0.15) is 0 Å². The largest absolute Gasteiger partial charge is 0.0616 e. The SMILES string of the molecule is Brc1ccc2cc(-c3ccc4c(-c5ccc6ccccc6c5)c5ccccc5c(-c5ccc6ccccc6c5)c4c3)ccc2c1. The van der Waals surface area contributed by atoms with Crippen molar-refractivity contribution < 1.29 is 0 Å². The van der Waals surface area contributed by atoms with Crippen LogP contribution in [0.25, 0.3) is 87.2 Å². The maximum atomic E-state index is 3.63. The Morgan fingerprint density at radius 1 is 0.267 bits per heavy atom.